The third kappa shape index (κ3) is 2.24. The van der Waals surface area contributed by atoms with Crippen molar-refractivity contribution < 1.29 is 18.3 Å². The molecule has 6 heteroatoms. The number of rotatable bonds is 2. The molecule has 1 N–H and O–H groups in total. The van der Waals surface area contributed by atoms with Crippen molar-refractivity contribution in [1.82, 2.24) is 0 Å². The van der Waals surface area contributed by atoms with Crippen molar-refractivity contribution in [3.8, 4) is 0 Å². The standard InChI is InChI=1S/C8H7ClO4S/c1-5-2-3-6(14(9,12)13)4-7(5)8(10)11/h2-4H,1H3,(H,10,11). The second-order valence-electron chi connectivity index (χ2n) is 2.72. The van der Waals surface area contributed by atoms with E-state index in [-0.39, 0.29) is 10.5 Å². The first-order chi connectivity index (χ1) is 6.32. The number of benzene rings is 1. The predicted molar refractivity (Wildman–Crippen MR) is 51.2 cm³/mol. The van der Waals surface area contributed by atoms with Gasteiger partial charge in [0.2, 0.25) is 0 Å². The zero-order valence-corrected chi connectivity index (χ0v) is 8.76. The van der Waals surface area contributed by atoms with Gasteiger partial charge in [-0.2, -0.15) is 0 Å². The molecule has 0 bridgehead atoms. The Bertz CT molecular complexity index is 478. The maximum atomic E-state index is 10.9. The molecule has 4 nitrogen and oxygen atoms in total. The Morgan fingerprint density at radius 1 is 1.43 bits per heavy atom. The zero-order chi connectivity index (χ0) is 10.9. The fourth-order valence-corrected chi connectivity index (χ4v) is 1.76. The van der Waals surface area contributed by atoms with Crippen LogP contribution in [0.1, 0.15) is 15.9 Å². The lowest BCUT2D eigenvalue weighted by Crippen LogP contribution is -2.02. The summed E-state index contributed by atoms with van der Waals surface area (Å²) >= 11 is 0. The molecule has 0 fully saturated rings. The molecule has 0 aliphatic rings. The largest absolute Gasteiger partial charge is 0.478 e. The van der Waals surface area contributed by atoms with E-state index in [0.717, 1.165) is 6.07 Å². The number of carbonyl (C=O) groups is 1. The van der Waals surface area contributed by atoms with E-state index in [1.54, 1.807) is 6.92 Å². The molecular formula is C8H7ClO4S. The van der Waals surface area contributed by atoms with Gasteiger partial charge in [-0.1, -0.05) is 6.07 Å². The van der Waals surface area contributed by atoms with Gasteiger partial charge in [-0.05, 0) is 24.6 Å². The lowest BCUT2D eigenvalue weighted by Gasteiger charge is -2.02. The molecule has 0 amide bonds. The second kappa shape index (κ2) is 3.59. The average molecular weight is 235 g/mol. The van der Waals surface area contributed by atoms with Gasteiger partial charge in [0.15, 0.2) is 0 Å². The smallest absolute Gasteiger partial charge is 0.335 e. The fourth-order valence-electron chi connectivity index (χ4n) is 0.983. The van der Waals surface area contributed by atoms with Gasteiger partial charge in [-0.3, -0.25) is 0 Å². The van der Waals surface area contributed by atoms with Gasteiger partial charge in [0.1, 0.15) is 0 Å². The molecule has 0 unspecified atom stereocenters. The Hall–Kier alpha value is -1.07. The Kier molecular flexibility index (Phi) is 2.82. The van der Waals surface area contributed by atoms with Crippen molar-refractivity contribution >= 4 is 25.7 Å². The molecule has 0 aliphatic carbocycles. The maximum Gasteiger partial charge on any atom is 0.335 e. The highest BCUT2D eigenvalue weighted by atomic mass is 35.7. The van der Waals surface area contributed by atoms with Crippen LogP contribution in [0.2, 0.25) is 0 Å². The molecule has 1 aromatic rings. The molecule has 76 valence electrons. The number of hydrogen-bond acceptors (Lipinski definition) is 3. The van der Waals surface area contributed by atoms with Crippen molar-refractivity contribution in [2.24, 2.45) is 0 Å². The van der Waals surface area contributed by atoms with Crippen LogP contribution in [-0.4, -0.2) is 19.5 Å². The summed E-state index contributed by atoms with van der Waals surface area (Å²) in [6, 6.07) is 3.71. The Morgan fingerprint density at radius 2 is 2.00 bits per heavy atom. The Balaban J connectivity index is 3.42. The molecule has 0 radical (unpaired) electrons. The van der Waals surface area contributed by atoms with Crippen molar-refractivity contribution in [2.75, 3.05) is 0 Å². The second-order valence-corrected chi connectivity index (χ2v) is 5.29. The summed E-state index contributed by atoms with van der Waals surface area (Å²) in [5.74, 6) is -1.18. The van der Waals surface area contributed by atoms with Crippen LogP contribution in [-0.2, 0) is 9.05 Å². The van der Waals surface area contributed by atoms with Gasteiger partial charge in [0.25, 0.3) is 9.05 Å². The van der Waals surface area contributed by atoms with E-state index in [2.05, 4.69) is 0 Å². The highest BCUT2D eigenvalue weighted by Gasteiger charge is 2.14. The number of aryl methyl sites for hydroxylation is 1. The summed E-state index contributed by atoms with van der Waals surface area (Å²) < 4.78 is 21.8. The number of halogens is 1. The van der Waals surface area contributed by atoms with Gasteiger partial charge in [0, 0.05) is 10.7 Å². The number of carboxylic acids is 1. The van der Waals surface area contributed by atoms with Crippen LogP contribution in [0.15, 0.2) is 23.1 Å². The number of hydrogen-bond donors (Lipinski definition) is 1. The monoisotopic (exact) mass is 234 g/mol. The molecule has 0 aliphatic heterocycles. The molecule has 0 atom stereocenters. The van der Waals surface area contributed by atoms with Crippen molar-refractivity contribution in [2.45, 2.75) is 11.8 Å². The third-order valence-corrected chi connectivity index (χ3v) is 3.07. The summed E-state index contributed by atoms with van der Waals surface area (Å²) in [6.07, 6.45) is 0. The van der Waals surface area contributed by atoms with Gasteiger partial charge >= 0.3 is 5.97 Å². The normalized spacial score (nSPS) is 11.3. The van der Waals surface area contributed by atoms with E-state index in [9.17, 15) is 13.2 Å². The number of aromatic carboxylic acids is 1. The average Bonchev–Trinajstić information content (AvgIpc) is 2.02. The molecule has 1 aromatic carbocycles. The highest BCUT2D eigenvalue weighted by molar-refractivity contribution is 8.13. The van der Waals surface area contributed by atoms with Gasteiger partial charge in [-0.15, -0.1) is 0 Å². The Morgan fingerprint density at radius 3 is 2.43 bits per heavy atom. The van der Waals surface area contributed by atoms with E-state index < -0.39 is 15.0 Å². The minimum Gasteiger partial charge on any atom is -0.478 e. The Labute approximate surface area is 85.5 Å². The van der Waals surface area contributed by atoms with E-state index >= 15 is 0 Å². The summed E-state index contributed by atoms with van der Waals surface area (Å²) in [6.45, 7) is 1.58. The summed E-state index contributed by atoms with van der Waals surface area (Å²) in [7, 11) is 1.20. The van der Waals surface area contributed by atoms with E-state index in [1.165, 1.54) is 12.1 Å². The molecule has 1 rings (SSSR count). The molecule has 0 aromatic heterocycles. The van der Waals surface area contributed by atoms with Crippen LogP contribution in [0.3, 0.4) is 0 Å². The van der Waals surface area contributed by atoms with Crippen LogP contribution in [0.4, 0.5) is 0 Å². The highest BCUT2D eigenvalue weighted by Crippen LogP contribution is 2.18. The van der Waals surface area contributed by atoms with Gasteiger partial charge in [-0.25, -0.2) is 13.2 Å². The predicted octanol–water partition coefficient (Wildman–Crippen LogP) is 1.62. The topological polar surface area (TPSA) is 71.4 Å². The van der Waals surface area contributed by atoms with Gasteiger partial charge < -0.3 is 5.11 Å². The van der Waals surface area contributed by atoms with E-state index in [0.29, 0.717) is 5.56 Å². The first-order valence-electron chi connectivity index (χ1n) is 3.61. The minimum absolute atomic E-state index is 0.0632. The summed E-state index contributed by atoms with van der Waals surface area (Å²) in [5.41, 5.74) is 0.424. The first-order valence-corrected chi connectivity index (χ1v) is 5.92. The van der Waals surface area contributed by atoms with Crippen LogP contribution in [0, 0.1) is 6.92 Å². The van der Waals surface area contributed by atoms with Crippen LogP contribution < -0.4 is 0 Å². The molecule has 14 heavy (non-hydrogen) atoms. The van der Waals surface area contributed by atoms with Crippen molar-refractivity contribution in [1.29, 1.82) is 0 Å². The minimum atomic E-state index is -3.87. The molecular weight excluding hydrogens is 228 g/mol. The van der Waals surface area contributed by atoms with Crippen molar-refractivity contribution in [3.05, 3.63) is 29.3 Å². The van der Waals surface area contributed by atoms with Crippen LogP contribution in [0.5, 0.6) is 0 Å². The SMILES string of the molecule is Cc1ccc(S(=O)(=O)Cl)cc1C(=O)O. The fraction of sp³-hybridized carbons (Fsp3) is 0.125. The quantitative estimate of drug-likeness (QED) is 0.790. The maximum absolute atomic E-state index is 10.9. The third-order valence-electron chi connectivity index (χ3n) is 1.72. The molecule has 0 heterocycles. The zero-order valence-electron chi connectivity index (χ0n) is 7.19. The van der Waals surface area contributed by atoms with Gasteiger partial charge in [0.05, 0.1) is 10.5 Å². The summed E-state index contributed by atoms with van der Waals surface area (Å²) in [4.78, 5) is 10.5. The van der Waals surface area contributed by atoms with Crippen molar-refractivity contribution in [3.63, 3.8) is 0 Å². The first kappa shape index (κ1) is 11.0. The van der Waals surface area contributed by atoms with Crippen LogP contribution in [0.25, 0.3) is 0 Å². The van der Waals surface area contributed by atoms with Crippen LogP contribution >= 0.6 is 10.7 Å². The number of carboxylic acid groups (broad SMARTS) is 1. The molecule has 0 saturated heterocycles. The van der Waals surface area contributed by atoms with E-state index in [1.807, 2.05) is 0 Å². The lowest BCUT2D eigenvalue weighted by atomic mass is 10.1. The molecule has 0 saturated carbocycles. The lowest BCUT2D eigenvalue weighted by molar-refractivity contribution is 0.0696. The molecule has 0 spiro atoms. The summed E-state index contributed by atoms with van der Waals surface area (Å²) in [5, 5.41) is 8.72. The van der Waals surface area contributed by atoms with E-state index in [4.69, 9.17) is 15.8 Å².